The number of halogens is 2. The summed E-state index contributed by atoms with van der Waals surface area (Å²) in [5.41, 5.74) is 2.87. The van der Waals surface area contributed by atoms with Crippen molar-refractivity contribution in [1.82, 2.24) is 9.55 Å². The smallest absolute Gasteiger partial charge is 0.450 e. The molecule has 1 aromatic rings. The van der Waals surface area contributed by atoms with Crippen molar-refractivity contribution in [3.63, 3.8) is 0 Å². The highest BCUT2D eigenvalue weighted by Gasteiger charge is 2.60. The van der Waals surface area contributed by atoms with Gasteiger partial charge in [-0.1, -0.05) is 0 Å². The maximum atomic E-state index is 14.9. The molecule has 0 aromatic carbocycles. The second-order valence-corrected chi connectivity index (χ2v) is 6.36. The number of aliphatic hydroxyl groups excluding tert-OH is 1. The number of ether oxygens (including phenoxy) is 2. The molecule has 0 aliphatic carbocycles. The van der Waals surface area contributed by atoms with E-state index in [1.165, 1.54) is 19.9 Å². The van der Waals surface area contributed by atoms with Crippen molar-refractivity contribution in [2.45, 2.75) is 44.1 Å². The van der Waals surface area contributed by atoms with Gasteiger partial charge in [0.25, 0.3) is 5.92 Å². The number of carboxylic acid groups (broad SMARTS) is 1. The second kappa shape index (κ2) is 6.56. The molecule has 2 heterocycles. The normalized spacial score (nSPS) is 25.7. The van der Waals surface area contributed by atoms with Gasteiger partial charge < -0.3 is 25.4 Å². The summed E-state index contributed by atoms with van der Waals surface area (Å²) in [5.74, 6) is -5.30. The van der Waals surface area contributed by atoms with E-state index in [0.717, 1.165) is 6.20 Å². The minimum absolute atomic E-state index is 0.131. The first-order valence-electron chi connectivity index (χ1n) is 7.38. The minimum Gasteiger partial charge on any atom is -0.450 e. The number of anilines is 1. The molecule has 1 fully saturated rings. The summed E-state index contributed by atoms with van der Waals surface area (Å²) in [6, 6.07) is 1.17. The molecular formula is C14H19F2N3O6. The van der Waals surface area contributed by atoms with E-state index < -0.39 is 54.6 Å². The first kappa shape index (κ1) is 19.1. The molecule has 25 heavy (non-hydrogen) atoms. The first-order valence-corrected chi connectivity index (χ1v) is 7.38. The van der Waals surface area contributed by atoms with Gasteiger partial charge in [0.2, 0.25) is 6.23 Å². The molecule has 0 bridgehead atoms. The highest BCUT2D eigenvalue weighted by Crippen LogP contribution is 2.49. The predicted molar refractivity (Wildman–Crippen MR) is 80.1 cm³/mol. The third-order valence-electron chi connectivity index (χ3n) is 3.94. The average Bonchev–Trinajstić information content (AvgIpc) is 2.69. The topological polar surface area (TPSA) is 137 Å². The molecule has 140 valence electrons. The van der Waals surface area contributed by atoms with Crippen LogP contribution in [0.2, 0.25) is 0 Å². The summed E-state index contributed by atoms with van der Waals surface area (Å²) >= 11 is 0. The van der Waals surface area contributed by atoms with Crippen molar-refractivity contribution >= 4 is 12.0 Å². The van der Waals surface area contributed by atoms with Crippen LogP contribution in [0, 0.1) is 5.92 Å². The molecule has 0 unspecified atom stereocenters. The van der Waals surface area contributed by atoms with E-state index in [2.05, 4.69) is 9.72 Å². The number of hydrogen-bond acceptors (Lipinski definition) is 7. The fraction of sp³-hybridized carbons (Fsp3) is 0.643. The molecule has 0 spiro atoms. The molecule has 1 aromatic heterocycles. The highest BCUT2D eigenvalue weighted by atomic mass is 19.3. The maximum Gasteiger partial charge on any atom is 0.506 e. The van der Waals surface area contributed by atoms with Crippen LogP contribution in [0.5, 0.6) is 0 Å². The van der Waals surface area contributed by atoms with Crippen LogP contribution in [-0.2, 0) is 9.47 Å². The van der Waals surface area contributed by atoms with E-state index in [4.69, 9.17) is 15.6 Å². The lowest BCUT2D eigenvalue weighted by molar-refractivity contribution is -0.134. The van der Waals surface area contributed by atoms with E-state index >= 15 is 0 Å². The van der Waals surface area contributed by atoms with Crippen molar-refractivity contribution in [3.8, 4) is 0 Å². The van der Waals surface area contributed by atoms with Gasteiger partial charge >= 0.3 is 11.8 Å². The Bertz CT molecular complexity index is 708. The summed E-state index contributed by atoms with van der Waals surface area (Å²) in [6.45, 7) is 1.92. The molecular weight excluding hydrogens is 344 g/mol. The fourth-order valence-corrected chi connectivity index (χ4v) is 2.88. The summed E-state index contributed by atoms with van der Waals surface area (Å²) in [4.78, 5) is 25.9. The van der Waals surface area contributed by atoms with Gasteiger partial charge in [-0.2, -0.15) is 4.98 Å². The SMILES string of the molecule is CC(C)(C[C@@H]1[C@H](CO)O[C@@H](n2ccc(N)nc2=O)C1(F)F)OC(=O)O. The molecule has 4 N–H and O–H groups in total. The molecule has 9 nitrogen and oxygen atoms in total. The van der Waals surface area contributed by atoms with E-state index in [-0.39, 0.29) is 5.82 Å². The Morgan fingerprint density at radius 1 is 1.56 bits per heavy atom. The lowest BCUT2D eigenvalue weighted by Gasteiger charge is -2.31. The minimum atomic E-state index is -3.59. The monoisotopic (exact) mass is 363 g/mol. The second-order valence-electron chi connectivity index (χ2n) is 6.36. The standard InChI is InChI=1S/C14H19F2N3O6/c1-13(2,25-12(22)23)5-7-8(6-20)24-10(14(7,15)16)19-4-3-9(17)18-11(19)21/h3-4,7-8,10,20H,5-6H2,1-2H3,(H,22,23)(H2,17,18,21)/t7-,8+,10-/m1/s1. The third-order valence-corrected chi connectivity index (χ3v) is 3.94. The van der Waals surface area contributed by atoms with Crippen molar-refractivity contribution in [1.29, 1.82) is 0 Å². The first-order chi connectivity index (χ1) is 11.5. The number of aliphatic hydroxyl groups is 1. The lowest BCUT2D eigenvalue weighted by Crippen LogP contribution is -2.42. The van der Waals surface area contributed by atoms with Gasteiger partial charge in [-0.25, -0.2) is 18.4 Å². The Labute approximate surface area is 141 Å². The Morgan fingerprint density at radius 2 is 2.20 bits per heavy atom. The third kappa shape index (κ3) is 3.87. The zero-order chi connectivity index (χ0) is 19.0. The summed E-state index contributed by atoms with van der Waals surface area (Å²) in [5, 5.41) is 18.1. The molecule has 1 saturated heterocycles. The molecule has 0 radical (unpaired) electrons. The highest BCUT2D eigenvalue weighted by molar-refractivity contribution is 5.57. The number of nitrogens with two attached hydrogens (primary N) is 1. The van der Waals surface area contributed by atoms with Crippen LogP contribution < -0.4 is 11.4 Å². The zero-order valence-electron chi connectivity index (χ0n) is 13.6. The molecule has 1 aliphatic heterocycles. The Balaban J connectivity index is 2.35. The number of nitrogens with zero attached hydrogens (tertiary/aromatic N) is 2. The van der Waals surface area contributed by atoms with Gasteiger partial charge in [0, 0.05) is 6.20 Å². The van der Waals surface area contributed by atoms with Crippen LogP contribution in [0.3, 0.4) is 0 Å². The molecule has 0 amide bonds. The summed E-state index contributed by atoms with van der Waals surface area (Å²) in [7, 11) is 0. The van der Waals surface area contributed by atoms with Gasteiger partial charge in [-0.15, -0.1) is 0 Å². The van der Waals surface area contributed by atoms with E-state index in [1.807, 2.05) is 0 Å². The number of rotatable bonds is 5. The van der Waals surface area contributed by atoms with Gasteiger partial charge in [0.15, 0.2) is 0 Å². The van der Waals surface area contributed by atoms with Crippen LogP contribution in [0.25, 0.3) is 0 Å². The van der Waals surface area contributed by atoms with Gasteiger partial charge in [0.05, 0.1) is 18.6 Å². The molecule has 3 atom stereocenters. The Morgan fingerprint density at radius 3 is 2.72 bits per heavy atom. The van der Waals surface area contributed by atoms with Gasteiger partial charge in [0.1, 0.15) is 11.4 Å². The zero-order valence-corrected chi connectivity index (χ0v) is 13.6. The van der Waals surface area contributed by atoms with E-state index in [1.54, 1.807) is 0 Å². The van der Waals surface area contributed by atoms with Crippen LogP contribution in [0.1, 0.15) is 26.5 Å². The molecule has 11 heteroatoms. The number of alkyl halides is 2. The van der Waals surface area contributed by atoms with Crippen molar-refractivity contribution in [2.75, 3.05) is 12.3 Å². The summed E-state index contributed by atoms with van der Waals surface area (Å²) < 4.78 is 40.2. The number of carbonyl (C=O) groups is 1. The number of aromatic nitrogens is 2. The van der Waals surface area contributed by atoms with Crippen LogP contribution >= 0.6 is 0 Å². The Kier molecular flexibility index (Phi) is 5.00. The predicted octanol–water partition coefficient (Wildman–Crippen LogP) is 0.830. The van der Waals surface area contributed by atoms with Crippen LogP contribution in [0.4, 0.5) is 19.4 Å². The fourth-order valence-electron chi connectivity index (χ4n) is 2.88. The maximum absolute atomic E-state index is 14.9. The van der Waals surface area contributed by atoms with E-state index in [0.29, 0.717) is 4.57 Å². The van der Waals surface area contributed by atoms with Gasteiger partial charge in [-0.3, -0.25) is 4.57 Å². The Hall–Kier alpha value is -2.27. The molecule has 0 saturated carbocycles. The van der Waals surface area contributed by atoms with Gasteiger partial charge in [-0.05, 0) is 26.3 Å². The van der Waals surface area contributed by atoms with E-state index in [9.17, 15) is 23.5 Å². The average molecular weight is 363 g/mol. The number of nitrogen functional groups attached to an aromatic ring is 1. The van der Waals surface area contributed by atoms with Crippen molar-refractivity contribution < 1.29 is 33.3 Å². The van der Waals surface area contributed by atoms with Crippen molar-refractivity contribution in [3.05, 3.63) is 22.7 Å². The lowest BCUT2D eigenvalue weighted by atomic mass is 9.86. The molecule has 2 rings (SSSR count). The van der Waals surface area contributed by atoms with Crippen LogP contribution in [0.15, 0.2) is 17.1 Å². The largest absolute Gasteiger partial charge is 0.506 e. The quantitative estimate of drug-likeness (QED) is 0.654. The number of hydrogen-bond donors (Lipinski definition) is 3. The van der Waals surface area contributed by atoms with Crippen LogP contribution in [-0.4, -0.2) is 50.2 Å². The van der Waals surface area contributed by atoms with Crippen molar-refractivity contribution in [2.24, 2.45) is 5.92 Å². The molecule has 1 aliphatic rings. The summed E-state index contributed by atoms with van der Waals surface area (Å²) in [6.07, 6.45) is -4.33.